The fraction of sp³-hybridized carbons (Fsp3) is 0.167. The van der Waals surface area contributed by atoms with Crippen LogP contribution in [0.4, 0.5) is 5.69 Å². The molecule has 0 radical (unpaired) electrons. The highest BCUT2D eigenvalue weighted by Gasteiger charge is 2.21. The van der Waals surface area contributed by atoms with Crippen LogP contribution in [0, 0.1) is 17.0 Å². The van der Waals surface area contributed by atoms with E-state index in [4.69, 9.17) is 0 Å². The fourth-order valence-electron chi connectivity index (χ4n) is 1.09. The number of aryl methyl sites for hydroxylation is 1. The van der Waals surface area contributed by atoms with Crippen LogP contribution in [-0.2, 0) is 0 Å². The minimum absolute atomic E-state index is 0.115. The number of hydrogen-bond acceptors (Lipinski definition) is 6. The first kappa shape index (κ1) is 8.75. The minimum Gasteiger partial charge on any atom is -0.259 e. The van der Waals surface area contributed by atoms with Crippen LogP contribution in [0.2, 0.25) is 0 Å². The molecule has 7 nitrogen and oxygen atoms in total. The van der Waals surface area contributed by atoms with Crippen molar-refractivity contribution in [3.63, 3.8) is 0 Å². The molecule has 2 heterocycles. The molecule has 0 saturated heterocycles. The maximum atomic E-state index is 11.5. The van der Waals surface area contributed by atoms with Crippen molar-refractivity contribution in [3.05, 3.63) is 31.7 Å². The van der Waals surface area contributed by atoms with Crippen LogP contribution in [0.15, 0.2) is 10.3 Å². The number of nitrogens with zero attached hydrogens (tertiary/aromatic N) is 4. The molecular formula is C6H4N4O3S. The van der Waals surface area contributed by atoms with E-state index in [1.54, 1.807) is 0 Å². The topological polar surface area (TPSA) is 90.4 Å². The van der Waals surface area contributed by atoms with Gasteiger partial charge in [-0.1, -0.05) is 11.3 Å². The molecule has 0 amide bonds. The Labute approximate surface area is 80.8 Å². The van der Waals surface area contributed by atoms with Crippen LogP contribution < -0.4 is 5.56 Å². The van der Waals surface area contributed by atoms with Crippen molar-refractivity contribution in [2.75, 3.05) is 0 Å². The van der Waals surface area contributed by atoms with E-state index in [-0.39, 0.29) is 5.69 Å². The van der Waals surface area contributed by atoms with Crippen molar-refractivity contribution in [1.82, 2.24) is 14.6 Å². The van der Waals surface area contributed by atoms with Crippen LogP contribution in [0.5, 0.6) is 0 Å². The average molecular weight is 212 g/mol. The number of rotatable bonds is 1. The summed E-state index contributed by atoms with van der Waals surface area (Å²) in [5, 5.41) is 14.2. The molecule has 0 fully saturated rings. The Morgan fingerprint density at radius 2 is 2.36 bits per heavy atom. The molecule has 0 bridgehead atoms. The molecule has 14 heavy (non-hydrogen) atoms. The largest absolute Gasteiger partial charge is 0.357 e. The summed E-state index contributed by atoms with van der Waals surface area (Å²) in [6, 6.07) is 0. The lowest BCUT2D eigenvalue weighted by atomic mass is 10.4. The van der Waals surface area contributed by atoms with Crippen LogP contribution in [0.1, 0.15) is 5.69 Å². The SMILES string of the molecule is Cc1nc2scnn2c(=O)c1[N+](=O)[O-]. The first-order valence-electron chi connectivity index (χ1n) is 3.59. The zero-order valence-corrected chi connectivity index (χ0v) is 7.82. The van der Waals surface area contributed by atoms with E-state index in [0.29, 0.717) is 4.96 Å². The molecule has 0 aliphatic rings. The summed E-state index contributed by atoms with van der Waals surface area (Å²) in [5.41, 5.74) is 0.267. The lowest BCUT2D eigenvalue weighted by molar-refractivity contribution is -0.387. The molecule has 0 aliphatic heterocycles. The van der Waals surface area contributed by atoms with Gasteiger partial charge in [0.2, 0.25) is 4.96 Å². The summed E-state index contributed by atoms with van der Waals surface area (Å²) in [7, 11) is 0. The van der Waals surface area contributed by atoms with E-state index in [1.807, 2.05) is 0 Å². The van der Waals surface area contributed by atoms with Gasteiger partial charge in [0.1, 0.15) is 11.2 Å². The second-order valence-electron chi connectivity index (χ2n) is 2.54. The number of hydrogen-bond donors (Lipinski definition) is 0. The fourth-order valence-corrected chi connectivity index (χ4v) is 1.75. The molecule has 2 aromatic heterocycles. The van der Waals surface area contributed by atoms with Gasteiger partial charge in [-0.2, -0.15) is 9.61 Å². The monoisotopic (exact) mass is 212 g/mol. The Morgan fingerprint density at radius 1 is 1.64 bits per heavy atom. The molecular weight excluding hydrogens is 208 g/mol. The van der Waals surface area contributed by atoms with Crippen molar-refractivity contribution in [2.45, 2.75) is 6.92 Å². The molecule has 0 unspecified atom stereocenters. The second kappa shape index (κ2) is 2.84. The molecule has 0 aromatic carbocycles. The normalized spacial score (nSPS) is 10.6. The highest BCUT2D eigenvalue weighted by Crippen LogP contribution is 2.12. The van der Waals surface area contributed by atoms with E-state index in [0.717, 1.165) is 15.9 Å². The van der Waals surface area contributed by atoms with Crippen molar-refractivity contribution >= 4 is 22.0 Å². The van der Waals surface area contributed by atoms with Crippen molar-refractivity contribution in [1.29, 1.82) is 0 Å². The lowest BCUT2D eigenvalue weighted by Gasteiger charge is -1.94. The zero-order chi connectivity index (χ0) is 10.3. The van der Waals surface area contributed by atoms with Gasteiger partial charge in [0.05, 0.1) is 4.92 Å². The van der Waals surface area contributed by atoms with Crippen LogP contribution in [-0.4, -0.2) is 19.5 Å². The molecule has 2 aromatic rings. The maximum absolute atomic E-state index is 11.5. The number of aromatic nitrogens is 3. The first-order chi connectivity index (χ1) is 6.61. The summed E-state index contributed by atoms with van der Waals surface area (Å²) in [6.45, 7) is 1.43. The van der Waals surface area contributed by atoms with Gasteiger partial charge in [0.15, 0.2) is 0 Å². The predicted octanol–water partition coefficient (Wildman–Crippen LogP) is 0.368. The van der Waals surface area contributed by atoms with Gasteiger partial charge in [0.25, 0.3) is 0 Å². The number of fused-ring (bicyclic) bond motifs is 1. The third-order valence-electron chi connectivity index (χ3n) is 1.69. The Kier molecular flexibility index (Phi) is 1.78. The highest BCUT2D eigenvalue weighted by atomic mass is 32.1. The van der Waals surface area contributed by atoms with Gasteiger partial charge < -0.3 is 0 Å². The third kappa shape index (κ3) is 1.08. The summed E-state index contributed by atoms with van der Waals surface area (Å²) in [4.78, 5) is 25.5. The average Bonchev–Trinajstić information content (AvgIpc) is 2.50. The van der Waals surface area contributed by atoms with Crippen molar-refractivity contribution < 1.29 is 4.92 Å². The molecule has 0 spiro atoms. The minimum atomic E-state index is -0.740. The zero-order valence-electron chi connectivity index (χ0n) is 7.00. The Hall–Kier alpha value is -1.83. The standard InChI is InChI=1S/C6H4N4O3S/c1-3-4(10(12)13)5(11)9-6(8-3)14-2-7-9/h2H,1H3. The van der Waals surface area contributed by atoms with Gasteiger partial charge in [-0.15, -0.1) is 0 Å². The van der Waals surface area contributed by atoms with Gasteiger partial charge in [-0.05, 0) is 6.92 Å². The van der Waals surface area contributed by atoms with E-state index in [2.05, 4.69) is 10.1 Å². The Bertz CT molecular complexity index is 572. The van der Waals surface area contributed by atoms with E-state index in [9.17, 15) is 14.9 Å². The lowest BCUT2D eigenvalue weighted by Crippen LogP contribution is -2.19. The van der Waals surface area contributed by atoms with Crippen LogP contribution in [0.25, 0.3) is 4.96 Å². The van der Waals surface area contributed by atoms with E-state index in [1.165, 1.54) is 12.4 Å². The number of nitro groups is 1. The Morgan fingerprint density at radius 3 is 3.00 bits per heavy atom. The Balaban J connectivity index is 2.97. The van der Waals surface area contributed by atoms with Gasteiger partial charge in [0, 0.05) is 0 Å². The van der Waals surface area contributed by atoms with E-state index >= 15 is 0 Å². The summed E-state index contributed by atoms with van der Waals surface area (Å²) in [5.74, 6) is 0. The van der Waals surface area contributed by atoms with Crippen LogP contribution >= 0.6 is 11.3 Å². The molecule has 0 saturated carbocycles. The summed E-state index contributed by atoms with van der Waals surface area (Å²) >= 11 is 1.15. The molecule has 0 atom stereocenters. The third-order valence-corrected chi connectivity index (χ3v) is 2.36. The molecule has 72 valence electrons. The second-order valence-corrected chi connectivity index (χ2v) is 3.35. The molecule has 0 N–H and O–H groups in total. The maximum Gasteiger partial charge on any atom is 0.357 e. The van der Waals surface area contributed by atoms with Crippen molar-refractivity contribution in [3.8, 4) is 0 Å². The summed E-state index contributed by atoms with van der Waals surface area (Å²) < 4.78 is 0.926. The molecule has 8 heteroatoms. The highest BCUT2D eigenvalue weighted by molar-refractivity contribution is 7.14. The van der Waals surface area contributed by atoms with Gasteiger partial charge >= 0.3 is 11.2 Å². The molecule has 2 rings (SSSR count). The molecule has 0 aliphatic carbocycles. The summed E-state index contributed by atoms with van der Waals surface area (Å²) in [6.07, 6.45) is 0. The van der Waals surface area contributed by atoms with Gasteiger partial charge in [-0.3, -0.25) is 14.9 Å². The van der Waals surface area contributed by atoms with Crippen LogP contribution in [0.3, 0.4) is 0 Å². The van der Waals surface area contributed by atoms with Crippen molar-refractivity contribution in [2.24, 2.45) is 0 Å². The van der Waals surface area contributed by atoms with E-state index < -0.39 is 16.2 Å². The first-order valence-corrected chi connectivity index (χ1v) is 4.46. The quantitative estimate of drug-likeness (QED) is 0.503. The van der Waals surface area contributed by atoms with Gasteiger partial charge in [-0.25, -0.2) is 4.98 Å². The smallest absolute Gasteiger partial charge is 0.259 e. The predicted molar refractivity (Wildman–Crippen MR) is 48.5 cm³/mol.